The Morgan fingerprint density at radius 3 is 2.31 bits per heavy atom. The Morgan fingerprint density at radius 2 is 1.69 bits per heavy atom. The molecule has 0 saturated carbocycles. The number of aromatic amines is 1. The SMILES string of the molecule is CCn1c(=O)c2c(nc(C(C)C)n2Cc2ccc(-c3ccccc3-c3nnn[nH]3)cc2)n(C)c1=O. The van der Waals surface area contributed by atoms with Crippen LogP contribution in [0.4, 0.5) is 0 Å². The molecule has 0 aliphatic heterocycles. The van der Waals surface area contributed by atoms with Crippen LogP contribution >= 0.6 is 0 Å². The van der Waals surface area contributed by atoms with Crippen molar-refractivity contribution in [3.8, 4) is 22.5 Å². The number of nitrogens with zero attached hydrogens (tertiary/aromatic N) is 7. The topological polar surface area (TPSA) is 116 Å². The third-order valence-corrected chi connectivity index (χ3v) is 6.23. The molecule has 0 fully saturated rings. The van der Waals surface area contributed by atoms with Gasteiger partial charge in [0.1, 0.15) is 5.82 Å². The summed E-state index contributed by atoms with van der Waals surface area (Å²) >= 11 is 0. The highest BCUT2D eigenvalue weighted by atomic mass is 16.2. The zero-order chi connectivity index (χ0) is 24.7. The maximum absolute atomic E-state index is 13.2. The molecule has 0 amide bonds. The van der Waals surface area contributed by atoms with Crippen LogP contribution in [0.1, 0.15) is 38.1 Å². The van der Waals surface area contributed by atoms with Gasteiger partial charge < -0.3 is 4.57 Å². The Kier molecular flexibility index (Phi) is 5.64. The summed E-state index contributed by atoms with van der Waals surface area (Å²) in [5.41, 5.74) is 4.17. The van der Waals surface area contributed by atoms with Crippen molar-refractivity contribution in [1.82, 2.24) is 39.3 Å². The molecule has 5 rings (SSSR count). The van der Waals surface area contributed by atoms with Gasteiger partial charge >= 0.3 is 5.69 Å². The number of aryl methyl sites for hydroxylation is 1. The number of hydrogen-bond donors (Lipinski definition) is 1. The van der Waals surface area contributed by atoms with Gasteiger partial charge in [0, 0.05) is 31.6 Å². The van der Waals surface area contributed by atoms with Gasteiger partial charge in [0.15, 0.2) is 17.0 Å². The number of aromatic nitrogens is 8. The fourth-order valence-corrected chi connectivity index (χ4v) is 4.45. The van der Waals surface area contributed by atoms with Crippen molar-refractivity contribution in [1.29, 1.82) is 0 Å². The van der Waals surface area contributed by atoms with E-state index in [9.17, 15) is 9.59 Å². The first kappa shape index (κ1) is 22.5. The van der Waals surface area contributed by atoms with Gasteiger partial charge in [-0.05, 0) is 34.0 Å². The van der Waals surface area contributed by atoms with E-state index in [1.807, 2.05) is 66.9 Å². The normalized spacial score (nSPS) is 11.6. The van der Waals surface area contributed by atoms with Crippen LogP contribution in [0.2, 0.25) is 0 Å². The minimum atomic E-state index is -0.352. The van der Waals surface area contributed by atoms with Crippen molar-refractivity contribution < 1.29 is 0 Å². The molecule has 0 saturated heterocycles. The molecule has 0 atom stereocenters. The number of rotatable bonds is 6. The first-order valence-corrected chi connectivity index (χ1v) is 11.5. The molecule has 10 nitrogen and oxygen atoms in total. The van der Waals surface area contributed by atoms with E-state index in [0.717, 1.165) is 28.1 Å². The van der Waals surface area contributed by atoms with Crippen LogP contribution in [-0.2, 0) is 20.1 Å². The van der Waals surface area contributed by atoms with Gasteiger partial charge in [-0.3, -0.25) is 13.9 Å². The summed E-state index contributed by atoms with van der Waals surface area (Å²) in [6.07, 6.45) is 0. The fraction of sp³-hybridized carbons (Fsp3) is 0.280. The van der Waals surface area contributed by atoms with Crippen LogP contribution < -0.4 is 11.2 Å². The van der Waals surface area contributed by atoms with Crippen LogP contribution in [0, 0.1) is 0 Å². The Hall–Kier alpha value is -4.34. The highest BCUT2D eigenvalue weighted by Gasteiger charge is 2.21. The Balaban J connectivity index is 1.58. The number of benzene rings is 2. The van der Waals surface area contributed by atoms with Gasteiger partial charge in [0.25, 0.3) is 5.56 Å². The maximum Gasteiger partial charge on any atom is 0.332 e. The lowest BCUT2D eigenvalue weighted by molar-refractivity contribution is 0.632. The number of H-pyrrole nitrogens is 1. The molecule has 5 aromatic rings. The first-order chi connectivity index (χ1) is 16.9. The van der Waals surface area contributed by atoms with Crippen molar-refractivity contribution in [3.05, 3.63) is 80.8 Å². The standard InChI is InChI=1S/C25H26N8O2/c1-5-32-24(34)20-23(31(4)25(32)35)26-22(15(2)3)33(20)14-16-10-12-17(13-11-16)18-8-6-7-9-19(18)21-27-29-30-28-21/h6-13,15H,5,14H2,1-4H3,(H,27,28,29,30). The summed E-state index contributed by atoms with van der Waals surface area (Å²) in [7, 11) is 1.66. The number of hydrogen-bond acceptors (Lipinski definition) is 6. The number of tetrazole rings is 1. The lowest BCUT2D eigenvalue weighted by atomic mass is 9.98. The molecular weight excluding hydrogens is 444 g/mol. The van der Waals surface area contributed by atoms with Crippen LogP contribution in [0.3, 0.4) is 0 Å². The van der Waals surface area contributed by atoms with Crippen molar-refractivity contribution in [2.24, 2.45) is 7.05 Å². The molecule has 2 aromatic carbocycles. The summed E-state index contributed by atoms with van der Waals surface area (Å²) < 4.78 is 4.65. The average molecular weight is 471 g/mol. The summed E-state index contributed by atoms with van der Waals surface area (Å²) in [6.45, 7) is 6.64. The smallest absolute Gasteiger partial charge is 0.317 e. The first-order valence-electron chi connectivity index (χ1n) is 11.5. The largest absolute Gasteiger partial charge is 0.332 e. The molecule has 3 heterocycles. The summed E-state index contributed by atoms with van der Waals surface area (Å²) in [5.74, 6) is 1.45. The van der Waals surface area contributed by atoms with Gasteiger partial charge in [-0.2, -0.15) is 0 Å². The molecule has 0 spiro atoms. The van der Waals surface area contributed by atoms with E-state index in [0.29, 0.717) is 30.1 Å². The van der Waals surface area contributed by atoms with Crippen LogP contribution in [-0.4, -0.2) is 39.3 Å². The van der Waals surface area contributed by atoms with Crippen molar-refractivity contribution >= 4 is 11.2 Å². The van der Waals surface area contributed by atoms with Gasteiger partial charge in [0.2, 0.25) is 0 Å². The molecule has 3 aromatic heterocycles. The van der Waals surface area contributed by atoms with Gasteiger partial charge in [-0.25, -0.2) is 14.9 Å². The summed E-state index contributed by atoms with van der Waals surface area (Å²) in [4.78, 5) is 30.6. The predicted octanol–water partition coefficient (Wildman–Crippen LogP) is 2.94. The third kappa shape index (κ3) is 3.76. The van der Waals surface area contributed by atoms with E-state index >= 15 is 0 Å². The second-order valence-corrected chi connectivity index (χ2v) is 8.77. The average Bonchev–Trinajstić information content (AvgIpc) is 3.53. The zero-order valence-electron chi connectivity index (χ0n) is 20.1. The lowest BCUT2D eigenvalue weighted by Crippen LogP contribution is -2.39. The van der Waals surface area contributed by atoms with Gasteiger partial charge in [-0.15, -0.1) is 5.10 Å². The molecule has 0 aliphatic rings. The molecule has 0 aliphatic carbocycles. The van der Waals surface area contributed by atoms with Gasteiger partial charge in [0.05, 0.1) is 0 Å². The second-order valence-electron chi connectivity index (χ2n) is 8.77. The Bertz CT molecular complexity index is 1620. The minimum Gasteiger partial charge on any atom is -0.317 e. The molecule has 0 unspecified atom stereocenters. The van der Waals surface area contributed by atoms with Crippen LogP contribution in [0.25, 0.3) is 33.7 Å². The van der Waals surface area contributed by atoms with E-state index < -0.39 is 0 Å². The predicted molar refractivity (Wildman–Crippen MR) is 133 cm³/mol. The fourth-order valence-electron chi connectivity index (χ4n) is 4.45. The third-order valence-electron chi connectivity index (χ3n) is 6.23. The van der Waals surface area contributed by atoms with E-state index in [1.54, 1.807) is 14.0 Å². The van der Waals surface area contributed by atoms with Crippen LogP contribution in [0.5, 0.6) is 0 Å². The van der Waals surface area contributed by atoms with Crippen molar-refractivity contribution in [3.63, 3.8) is 0 Å². The molecule has 35 heavy (non-hydrogen) atoms. The van der Waals surface area contributed by atoms with E-state index in [-0.39, 0.29) is 17.2 Å². The molecular formula is C25H26N8O2. The van der Waals surface area contributed by atoms with Crippen LogP contribution in [0.15, 0.2) is 58.1 Å². The Morgan fingerprint density at radius 1 is 0.971 bits per heavy atom. The summed E-state index contributed by atoms with van der Waals surface area (Å²) in [6, 6.07) is 16.1. The van der Waals surface area contributed by atoms with Crippen molar-refractivity contribution in [2.75, 3.05) is 0 Å². The zero-order valence-corrected chi connectivity index (χ0v) is 20.1. The highest BCUT2D eigenvalue weighted by molar-refractivity contribution is 5.80. The number of imidazole rings is 1. The van der Waals surface area contributed by atoms with Crippen molar-refractivity contribution in [2.45, 2.75) is 39.8 Å². The van der Waals surface area contributed by atoms with Gasteiger partial charge in [-0.1, -0.05) is 62.4 Å². The highest BCUT2D eigenvalue weighted by Crippen LogP contribution is 2.30. The van der Waals surface area contributed by atoms with E-state index in [4.69, 9.17) is 4.98 Å². The molecule has 0 radical (unpaired) electrons. The number of fused-ring (bicyclic) bond motifs is 1. The number of nitrogens with one attached hydrogen (secondary N) is 1. The second kappa shape index (κ2) is 8.79. The van der Waals surface area contributed by atoms with E-state index in [1.165, 1.54) is 9.13 Å². The molecule has 1 N–H and O–H groups in total. The monoisotopic (exact) mass is 470 g/mol. The summed E-state index contributed by atoms with van der Waals surface area (Å²) in [5, 5.41) is 14.3. The quantitative estimate of drug-likeness (QED) is 0.408. The maximum atomic E-state index is 13.2. The lowest BCUT2D eigenvalue weighted by Gasteiger charge is -2.13. The minimum absolute atomic E-state index is 0.0774. The van der Waals surface area contributed by atoms with E-state index in [2.05, 4.69) is 20.6 Å². The molecule has 10 heteroatoms. The Labute approximate surface area is 200 Å². The molecule has 0 bridgehead atoms. The molecule has 178 valence electrons.